The summed E-state index contributed by atoms with van der Waals surface area (Å²) in [6.07, 6.45) is 1.70. The molecule has 0 spiro atoms. The van der Waals surface area contributed by atoms with Crippen LogP contribution in [-0.4, -0.2) is 21.1 Å². The van der Waals surface area contributed by atoms with Crippen molar-refractivity contribution in [3.63, 3.8) is 0 Å². The Kier molecular flexibility index (Phi) is 3.47. The SMILES string of the molecule is CC(=O)c1cccc(NC(=O)c2cn3c(C)cccc3n2)c1. The normalized spacial score (nSPS) is 10.6. The van der Waals surface area contributed by atoms with Crippen molar-refractivity contribution in [2.45, 2.75) is 13.8 Å². The first-order chi connectivity index (χ1) is 10.5. The van der Waals surface area contributed by atoms with E-state index in [1.807, 2.05) is 29.5 Å². The third-order valence-electron chi connectivity index (χ3n) is 3.46. The molecule has 0 aliphatic heterocycles. The van der Waals surface area contributed by atoms with E-state index in [1.165, 1.54) is 6.92 Å². The highest BCUT2D eigenvalue weighted by atomic mass is 16.2. The Labute approximate surface area is 127 Å². The highest BCUT2D eigenvalue weighted by molar-refractivity contribution is 6.04. The largest absolute Gasteiger partial charge is 0.321 e. The number of amides is 1. The molecule has 2 heterocycles. The van der Waals surface area contributed by atoms with Gasteiger partial charge in [-0.2, -0.15) is 0 Å². The van der Waals surface area contributed by atoms with Crippen LogP contribution < -0.4 is 5.32 Å². The number of nitrogens with one attached hydrogen (secondary N) is 1. The zero-order chi connectivity index (χ0) is 15.7. The molecule has 1 aromatic carbocycles. The fraction of sp³-hybridized carbons (Fsp3) is 0.118. The lowest BCUT2D eigenvalue weighted by molar-refractivity contribution is 0.100. The summed E-state index contributed by atoms with van der Waals surface area (Å²) in [7, 11) is 0. The number of carbonyl (C=O) groups excluding carboxylic acids is 2. The van der Waals surface area contributed by atoms with Crippen LogP contribution in [0.15, 0.2) is 48.7 Å². The molecule has 5 heteroatoms. The average Bonchev–Trinajstić information content (AvgIpc) is 2.93. The van der Waals surface area contributed by atoms with E-state index in [4.69, 9.17) is 0 Å². The van der Waals surface area contributed by atoms with E-state index in [0.29, 0.717) is 16.9 Å². The number of hydrogen-bond donors (Lipinski definition) is 1. The number of benzene rings is 1. The molecule has 0 fully saturated rings. The Hall–Kier alpha value is -2.95. The van der Waals surface area contributed by atoms with E-state index in [2.05, 4.69) is 10.3 Å². The lowest BCUT2D eigenvalue weighted by Crippen LogP contribution is -2.12. The zero-order valence-electron chi connectivity index (χ0n) is 12.3. The summed E-state index contributed by atoms with van der Waals surface area (Å²) in [6.45, 7) is 3.44. The number of hydrogen-bond acceptors (Lipinski definition) is 3. The quantitative estimate of drug-likeness (QED) is 0.755. The minimum absolute atomic E-state index is 0.0422. The van der Waals surface area contributed by atoms with Gasteiger partial charge >= 0.3 is 0 Å². The van der Waals surface area contributed by atoms with Gasteiger partial charge in [0.1, 0.15) is 11.3 Å². The molecule has 0 aliphatic rings. The van der Waals surface area contributed by atoms with Crippen LogP contribution in [-0.2, 0) is 0 Å². The second kappa shape index (κ2) is 5.44. The fourth-order valence-electron chi connectivity index (χ4n) is 2.27. The number of fused-ring (bicyclic) bond motifs is 1. The van der Waals surface area contributed by atoms with Gasteiger partial charge in [0.15, 0.2) is 5.78 Å². The molecule has 1 N–H and O–H groups in total. The molecule has 5 nitrogen and oxygen atoms in total. The van der Waals surface area contributed by atoms with Gasteiger partial charge in [-0.15, -0.1) is 0 Å². The van der Waals surface area contributed by atoms with Crippen molar-refractivity contribution in [3.05, 3.63) is 65.6 Å². The van der Waals surface area contributed by atoms with Crippen molar-refractivity contribution in [1.82, 2.24) is 9.38 Å². The number of aryl methyl sites for hydroxylation is 1. The maximum Gasteiger partial charge on any atom is 0.275 e. The number of carbonyl (C=O) groups is 2. The van der Waals surface area contributed by atoms with Crippen LogP contribution in [0.3, 0.4) is 0 Å². The highest BCUT2D eigenvalue weighted by Crippen LogP contribution is 2.14. The fourth-order valence-corrected chi connectivity index (χ4v) is 2.27. The predicted molar refractivity (Wildman–Crippen MR) is 84.3 cm³/mol. The molecule has 3 aromatic rings. The maximum absolute atomic E-state index is 12.3. The lowest BCUT2D eigenvalue weighted by atomic mass is 10.1. The van der Waals surface area contributed by atoms with Crippen LogP contribution in [0.2, 0.25) is 0 Å². The number of Topliss-reactive ketones (excluding diaryl/α,β-unsaturated/α-hetero) is 1. The number of rotatable bonds is 3. The third-order valence-corrected chi connectivity index (χ3v) is 3.46. The summed E-state index contributed by atoms with van der Waals surface area (Å²) in [6, 6.07) is 12.5. The van der Waals surface area contributed by atoms with E-state index in [1.54, 1.807) is 30.5 Å². The Morgan fingerprint density at radius 3 is 2.64 bits per heavy atom. The van der Waals surface area contributed by atoms with Gasteiger partial charge in [0.2, 0.25) is 0 Å². The molecule has 3 rings (SSSR count). The van der Waals surface area contributed by atoms with Crippen LogP contribution in [0.1, 0.15) is 33.5 Å². The predicted octanol–water partition coefficient (Wildman–Crippen LogP) is 3.10. The molecule has 0 bridgehead atoms. The summed E-state index contributed by atoms with van der Waals surface area (Å²) in [5, 5.41) is 2.77. The monoisotopic (exact) mass is 293 g/mol. The Bertz CT molecular complexity index is 880. The van der Waals surface area contributed by atoms with Gasteiger partial charge in [-0.05, 0) is 38.1 Å². The second-order valence-corrected chi connectivity index (χ2v) is 5.11. The molecule has 0 aliphatic carbocycles. The first-order valence-electron chi connectivity index (χ1n) is 6.91. The van der Waals surface area contributed by atoms with Crippen LogP contribution in [0.25, 0.3) is 5.65 Å². The van der Waals surface area contributed by atoms with Gasteiger partial charge in [0, 0.05) is 23.1 Å². The van der Waals surface area contributed by atoms with Crippen molar-refractivity contribution in [2.75, 3.05) is 5.32 Å². The summed E-state index contributed by atoms with van der Waals surface area (Å²) < 4.78 is 1.86. The Morgan fingerprint density at radius 1 is 1.14 bits per heavy atom. The summed E-state index contributed by atoms with van der Waals surface area (Å²) in [5.74, 6) is -0.344. The smallest absolute Gasteiger partial charge is 0.275 e. The minimum Gasteiger partial charge on any atom is -0.321 e. The molecule has 110 valence electrons. The Morgan fingerprint density at radius 2 is 1.91 bits per heavy atom. The van der Waals surface area contributed by atoms with E-state index in [-0.39, 0.29) is 11.7 Å². The van der Waals surface area contributed by atoms with Crippen LogP contribution >= 0.6 is 0 Å². The van der Waals surface area contributed by atoms with E-state index in [0.717, 1.165) is 11.3 Å². The Balaban J connectivity index is 1.88. The molecule has 22 heavy (non-hydrogen) atoms. The topological polar surface area (TPSA) is 63.5 Å². The number of anilines is 1. The van der Waals surface area contributed by atoms with Crippen LogP contribution in [0, 0.1) is 6.92 Å². The molecular weight excluding hydrogens is 278 g/mol. The highest BCUT2D eigenvalue weighted by Gasteiger charge is 2.12. The standard InChI is InChI=1S/C17H15N3O2/c1-11-5-3-8-16-19-15(10-20(11)16)17(22)18-14-7-4-6-13(9-14)12(2)21/h3-10H,1-2H3,(H,18,22). The molecule has 2 aromatic heterocycles. The number of nitrogens with zero attached hydrogens (tertiary/aromatic N) is 2. The minimum atomic E-state index is -0.302. The zero-order valence-corrected chi connectivity index (χ0v) is 12.3. The van der Waals surface area contributed by atoms with Crippen molar-refractivity contribution < 1.29 is 9.59 Å². The first-order valence-corrected chi connectivity index (χ1v) is 6.91. The molecule has 0 saturated heterocycles. The maximum atomic E-state index is 12.3. The average molecular weight is 293 g/mol. The van der Waals surface area contributed by atoms with Crippen molar-refractivity contribution in [1.29, 1.82) is 0 Å². The lowest BCUT2D eigenvalue weighted by Gasteiger charge is -2.04. The van der Waals surface area contributed by atoms with Gasteiger partial charge in [-0.3, -0.25) is 9.59 Å². The first kappa shape index (κ1) is 14.0. The molecule has 0 unspecified atom stereocenters. The summed E-state index contributed by atoms with van der Waals surface area (Å²) in [5.41, 5.74) is 3.20. The summed E-state index contributed by atoms with van der Waals surface area (Å²) in [4.78, 5) is 28.0. The van der Waals surface area contributed by atoms with Gasteiger partial charge in [0.05, 0.1) is 0 Å². The number of pyridine rings is 1. The molecule has 0 radical (unpaired) electrons. The van der Waals surface area contributed by atoms with Gasteiger partial charge in [-0.1, -0.05) is 18.2 Å². The summed E-state index contributed by atoms with van der Waals surface area (Å²) >= 11 is 0. The molecular formula is C17H15N3O2. The van der Waals surface area contributed by atoms with Gasteiger partial charge in [0.25, 0.3) is 5.91 Å². The second-order valence-electron chi connectivity index (χ2n) is 5.11. The third kappa shape index (κ3) is 2.61. The van der Waals surface area contributed by atoms with E-state index in [9.17, 15) is 9.59 Å². The van der Waals surface area contributed by atoms with Gasteiger partial charge < -0.3 is 9.72 Å². The number of aromatic nitrogens is 2. The van der Waals surface area contributed by atoms with Crippen LogP contribution in [0.4, 0.5) is 5.69 Å². The van der Waals surface area contributed by atoms with Gasteiger partial charge in [-0.25, -0.2) is 4.98 Å². The van der Waals surface area contributed by atoms with Crippen molar-refractivity contribution >= 4 is 23.0 Å². The number of imidazole rings is 1. The number of ketones is 1. The van der Waals surface area contributed by atoms with E-state index >= 15 is 0 Å². The van der Waals surface area contributed by atoms with Crippen LogP contribution in [0.5, 0.6) is 0 Å². The molecule has 0 saturated carbocycles. The van der Waals surface area contributed by atoms with Crippen molar-refractivity contribution in [2.24, 2.45) is 0 Å². The molecule has 0 atom stereocenters. The van der Waals surface area contributed by atoms with E-state index < -0.39 is 0 Å². The molecule has 1 amide bonds. The van der Waals surface area contributed by atoms with Crippen molar-refractivity contribution in [3.8, 4) is 0 Å².